The van der Waals surface area contributed by atoms with E-state index in [1.54, 1.807) is 0 Å². The van der Waals surface area contributed by atoms with Crippen molar-refractivity contribution < 1.29 is 0 Å². The molecule has 2 nitrogen and oxygen atoms in total. The molecule has 1 aliphatic carbocycles. The number of fused-ring (bicyclic) bond motifs is 1. The van der Waals surface area contributed by atoms with Gasteiger partial charge >= 0.3 is 0 Å². The zero-order chi connectivity index (χ0) is 15.0. The van der Waals surface area contributed by atoms with E-state index in [0.717, 1.165) is 18.9 Å². The molecule has 1 aliphatic heterocycles. The summed E-state index contributed by atoms with van der Waals surface area (Å²) in [6.07, 6.45) is 5.14. The minimum absolute atomic E-state index is 0.520. The van der Waals surface area contributed by atoms with E-state index in [1.807, 2.05) is 0 Å². The summed E-state index contributed by atoms with van der Waals surface area (Å²) in [5.74, 6) is 1.41. The van der Waals surface area contributed by atoms with Crippen LogP contribution >= 0.6 is 0 Å². The molecule has 3 unspecified atom stereocenters. The Morgan fingerprint density at radius 1 is 1.29 bits per heavy atom. The van der Waals surface area contributed by atoms with Crippen LogP contribution < -0.4 is 10.6 Å². The molecule has 116 valence electrons. The van der Waals surface area contributed by atoms with Crippen LogP contribution in [-0.4, -0.2) is 19.1 Å². The second-order valence-electron chi connectivity index (χ2n) is 7.94. The van der Waals surface area contributed by atoms with Crippen molar-refractivity contribution in [1.29, 1.82) is 0 Å². The fraction of sp³-hybridized carbons (Fsp3) is 0.684. The number of anilines is 1. The van der Waals surface area contributed by atoms with Crippen LogP contribution in [0.4, 0.5) is 5.69 Å². The molecule has 3 atom stereocenters. The number of rotatable bonds is 3. The summed E-state index contributed by atoms with van der Waals surface area (Å²) in [6, 6.07) is 9.71. The lowest BCUT2D eigenvalue weighted by Gasteiger charge is -2.44. The van der Waals surface area contributed by atoms with Gasteiger partial charge < -0.3 is 10.6 Å². The van der Waals surface area contributed by atoms with Crippen molar-refractivity contribution in [2.45, 2.75) is 58.4 Å². The molecule has 1 heterocycles. The van der Waals surface area contributed by atoms with Gasteiger partial charge in [0.25, 0.3) is 0 Å². The molecule has 3 rings (SSSR count). The van der Waals surface area contributed by atoms with Gasteiger partial charge in [-0.15, -0.1) is 0 Å². The van der Waals surface area contributed by atoms with E-state index in [0.29, 0.717) is 17.4 Å². The van der Waals surface area contributed by atoms with E-state index in [1.165, 1.54) is 37.1 Å². The van der Waals surface area contributed by atoms with E-state index in [9.17, 15) is 0 Å². The van der Waals surface area contributed by atoms with Crippen LogP contribution in [-0.2, 0) is 0 Å². The zero-order valence-corrected chi connectivity index (χ0v) is 13.8. The predicted molar refractivity (Wildman–Crippen MR) is 90.8 cm³/mol. The van der Waals surface area contributed by atoms with Crippen LogP contribution in [0.25, 0.3) is 0 Å². The average molecular weight is 286 g/mol. The third-order valence-electron chi connectivity index (χ3n) is 5.67. The Kier molecular flexibility index (Phi) is 4.00. The molecule has 1 aromatic carbocycles. The van der Waals surface area contributed by atoms with Gasteiger partial charge in [0, 0.05) is 24.2 Å². The van der Waals surface area contributed by atoms with Crippen LogP contribution in [0.15, 0.2) is 24.3 Å². The van der Waals surface area contributed by atoms with Crippen molar-refractivity contribution in [2.24, 2.45) is 17.1 Å². The molecule has 1 saturated carbocycles. The maximum absolute atomic E-state index is 5.83. The van der Waals surface area contributed by atoms with Gasteiger partial charge in [-0.1, -0.05) is 39.0 Å². The first-order valence-electron chi connectivity index (χ1n) is 8.57. The lowest BCUT2D eigenvalue weighted by atomic mass is 9.70. The third kappa shape index (κ3) is 2.83. The Labute approximate surface area is 129 Å². The lowest BCUT2D eigenvalue weighted by molar-refractivity contribution is 0.163. The quantitative estimate of drug-likeness (QED) is 0.904. The van der Waals surface area contributed by atoms with Crippen LogP contribution in [0.3, 0.4) is 0 Å². The van der Waals surface area contributed by atoms with E-state index in [-0.39, 0.29) is 0 Å². The van der Waals surface area contributed by atoms with Gasteiger partial charge in [-0.2, -0.15) is 0 Å². The zero-order valence-electron chi connectivity index (χ0n) is 13.8. The highest BCUT2D eigenvalue weighted by molar-refractivity contribution is 5.61. The molecule has 0 radical (unpaired) electrons. The maximum Gasteiger partial charge on any atom is 0.0405 e. The summed E-state index contributed by atoms with van der Waals surface area (Å²) in [5, 5.41) is 0. The SMILES string of the molecule is CC1CC(C)(C)CCC1N1CC(CCN)c2ccccc21. The number of benzene rings is 1. The van der Waals surface area contributed by atoms with E-state index >= 15 is 0 Å². The summed E-state index contributed by atoms with van der Waals surface area (Å²) >= 11 is 0. The molecule has 2 aliphatic rings. The monoisotopic (exact) mass is 286 g/mol. The molecule has 2 N–H and O–H groups in total. The van der Waals surface area contributed by atoms with Crippen LogP contribution in [0, 0.1) is 11.3 Å². The van der Waals surface area contributed by atoms with Gasteiger partial charge in [-0.25, -0.2) is 0 Å². The molecule has 0 bridgehead atoms. The Hall–Kier alpha value is -1.02. The van der Waals surface area contributed by atoms with E-state index in [4.69, 9.17) is 5.73 Å². The van der Waals surface area contributed by atoms with Gasteiger partial charge in [-0.3, -0.25) is 0 Å². The highest BCUT2D eigenvalue weighted by atomic mass is 15.2. The van der Waals surface area contributed by atoms with Crippen LogP contribution in [0.5, 0.6) is 0 Å². The Balaban J connectivity index is 1.84. The predicted octanol–water partition coefficient (Wildman–Crippen LogP) is 4.15. The molecular formula is C19H30N2. The first kappa shape index (κ1) is 14.9. The van der Waals surface area contributed by atoms with Crippen LogP contribution in [0.1, 0.15) is 57.9 Å². The molecule has 0 spiro atoms. The largest absolute Gasteiger partial charge is 0.367 e. The molecular weight excluding hydrogens is 256 g/mol. The second kappa shape index (κ2) is 5.64. The fourth-order valence-corrected chi connectivity index (χ4v) is 4.69. The smallest absolute Gasteiger partial charge is 0.0405 e. The van der Waals surface area contributed by atoms with E-state index < -0.39 is 0 Å². The van der Waals surface area contributed by atoms with Crippen molar-refractivity contribution >= 4 is 5.69 Å². The molecule has 1 fully saturated rings. The summed E-state index contributed by atoms with van der Waals surface area (Å²) in [6.45, 7) is 9.26. The molecule has 1 aromatic rings. The number of hydrogen-bond acceptors (Lipinski definition) is 2. The first-order valence-corrected chi connectivity index (χ1v) is 8.57. The normalized spacial score (nSPS) is 31.2. The number of para-hydroxylation sites is 1. The average Bonchev–Trinajstić information content (AvgIpc) is 2.78. The highest BCUT2D eigenvalue weighted by Gasteiger charge is 2.39. The lowest BCUT2D eigenvalue weighted by Crippen LogP contribution is -2.44. The van der Waals surface area contributed by atoms with E-state index in [2.05, 4.69) is 49.9 Å². The van der Waals surface area contributed by atoms with Crippen molar-refractivity contribution in [3.8, 4) is 0 Å². The first-order chi connectivity index (χ1) is 10.0. The topological polar surface area (TPSA) is 29.3 Å². The van der Waals surface area contributed by atoms with Gasteiger partial charge in [0.1, 0.15) is 0 Å². The highest BCUT2D eigenvalue weighted by Crippen LogP contribution is 2.46. The van der Waals surface area contributed by atoms with Gasteiger partial charge in [0.2, 0.25) is 0 Å². The van der Waals surface area contributed by atoms with Crippen molar-refractivity contribution in [1.82, 2.24) is 0 Å². The van der Waals surface area contributed by atoms with Crippen molar-refractivity contribution in [3.63, 3.8) is 0 Å². The van der Waals surface area contributed by atoms with Crippen molar-refractivity contribution in [3.05, 3.63) is 29.8 Å². The summed E-state index contributed by atoms with van der Waals surface area (Å²) in [7, 11) is 0. The van der Waals surface area contributed by atoms with Gasteiger partial charge in [0.15, 0.2) is 0 Å². The minimum atomic E-state index is 0.520. The molecule has 21 heavy (non-hydrogen) atoms. The Bertz CT molecular complexity index is 494. The maximum atomic E-state index is 5.83. The second-order valence-corrected chi connectivity index (χ2v) is 7.94. The number of nitrogens with zero attached hydrogens (tertiary/aromatic N) is 1. The Morgan fingerprint density at radius 2 is 2.05 bits per heavy atom. The van der Waals surface area contributed by atoms with Crippen molar-refractivity contribution in [2.75, 3.05) is 18.0 Å². The van der Waals surface area contributed by atoms with Crippen LogP contribution in [0.2, 0.25) is 0 Å². The van der Waals surface area contributed by atoms with Gasteiger partial charge in [0.05, 0.1) is 0 Å². The van der Waals surface area contributed by atoms with Gasteiger partial charge in [-0.05, 0) is 55.2 Å². The summed E-state index contributed by atoms with van der Waals surface area (Å²) in [5.41, 5.74) is 9.36. The molecule has 0 saturated heterocycles. The molecule has 2 heteroatoms. The fourth-order valence-electron chi connectivity index (χ4n) is 4.69. The Morgan fingerprint density at radius 3 is 2.76 bits per heavy atom. The molecule has 0 amide bonds. The third-order valence-corrected chi connectivity index (χ3v) is 5.67. The number of nitrogens with two attached hydrogens (primary N) is 1. The number of hydrogen-bond donors (Lipinski definition) is 1. The minimum Gasteiger partial charge on any atom is -0.367 e. The summed E-state index contributed by atoms with van der Waals surface area (Å²) in [4.78, 5) is 2.70. The molecule has 0 aromatic heterocycles. The standard InChI is InChI=1S/C19H30N2/c1-14-12-19(2,3)10-8-17(14)21-13-15(9-11-20)16-6-4-5-7-18(16)21/h4-7,14-15,17H,8-13,20H2,1-3H3. The summed E-state index contributed by atoms with van der Waals surface area (Å²) < 4.78 is 0.